The molecule has 3 nitrogen and oxygen atoms in total. The lowest BCUT2D eigenvalue weighted by molar-refractivity contribution is -0.576. The summed E-state index contributed by atoms with van der Waals surface area (Å²) in [7, 11) is 0. The van der Waals surface area contributed by atoms with Crippen LogP contribution >= 0.6 is 47.0 Å². The zero-order valence-corrected chi connectivity index (χ0v) is 17.9. The summed E-state index contributed by atoms with van der Waals surface area (Å²) in [5.41, 5.74) is 2.67. The number of aliphatic hydroxyl groups excluding tert-OH is 1. The van der Waals surface area contributed by atoms with E-state index in [0.717, 1.165) is 11.3 Å². The highest BCUT2D eigenvalue weighted by Gasteiger charge is 2.24. The monoisotopic (exact) mass is 449 g/mol. The first-order chi connectivity index (χ1) is 13.3. The Kier molecular flexibility index (Phi) is 6.57. The minimum Gasteiger partial charge on any atom is -0.502 e. The molecule has 0 bridgehead atoms. The first kappa shape index (κ1) is 20.6. The number of nitrogens with one attached hydrogen (secondary N) is 1. The number of nitrogens with zero attached hydrogens (tertiary/aromatic N) is 1. The van der Waals surface area contributed by atoms with Crippen molar-refractivity contribution in [1.29, 1.82) is 0 Å². The van der Waals surface area contributed by atoms with Gasteiger partial charge in [0, 0.05) is 27.9 Å². The smallest absolute Gasteiger partial charge is 0.288 e. The highest BCUT2D eigenvalue weighted by atomic mass is 35.5. The van der Waals surface area contributed by atoms with E-state index in [0.29, 0.717) is 31.3 Å². The third kappa shape index (κ3) is 4.83. The largest absolute Gasteiger partial charge is 0.502 e. The minimum atomic E-state index is -0.0272. The topological polar surface area (TPSA) is 36.1 Å². The molecule has 2 aromatic carbocycles. The van der Waals surface area contributed by atoms with Crippen LogP contribution in [0.3, 0.4) is 0 Å². The minimum absolute atomic E-state index is 0.0272. The molecule has 0 aliphatic carbocycles. The van der Waals surface area contributed by atoms with Gasteiger partial charge in [-0.2, -0.15) is 4.57 Å². The molecule has 1 heterocycles. The van der Waals surface area contributed by atoms with Crippen molar-refractivity contribution < 1.29 is 9.67 Å². The van der Waals surface area contributed by atoms with Gasteiger partial charge in [0.1, 0.15) is 0 Å². The van der Waals surface area contributed by atoms with E-state index in [1.54, 1.807) is 34.9 Å². The SMILES string of the molecule is Cc1ccc[n+](C(C(=S)Nc2ccc(Cl)cc2)=C(O)c2ccc(Cl)c(Cl)c2)c1. The van der Waals surface area contributed by atoms with E-state index in [1.165, 1.54) is 0 Å². The van der Waals surface area contributed by atoms with E-state index in [9.17, 15) is 5.11 Å². The van der Waals surface area contributed by atoms with Gasteiger partial charge in [0.15, 0.2) is 23.1 Å². The standard InChI is InChI=1S/C21H15Cl3N2OS/c1-13-3-2-10-26(12-13)19(20(27)14-4-9-17(23)18(24)11-14)21(28)25-16-7-5-15(22)6-8-16/h2-12H,1H3,(H-,25,27,28)/p+1. The van der Waals surface area contributed by atoms with Crippen LogP contribution < -0.4 is 9.88 Å². The molecule has 0 amide bonds. The van der Waals surface area contributed by atoms with Crippen LogP contribution in [0.2, 0.25) is 15.1 Å². The van der Waals surface area contributed by atoms with E-state index in [1.807, 2.05) is 43.6 Å². The van der Waals surface area contributed by atoms with Gasteiger partial charge in [0.05, 0.1) is 10.0 Å². The fourth-order valence-corrected chi connectivity index (χ4v) is 3.33. The lowest BCUT2D eigenvalue weighted by atomic mass is 10.1. The van der Waals surface area contributed by atoms with Gasteiger partial charge in [-0.3, -0.25) is 0 Å². The zero-order valence-electron chi connectivity index (χ0n) is 14.8. The lowest BCUT2D eigenvalue weighted by Crippen LogP contribution is -2.38. The molecule has 0 saturated heterocycles. The van der Waals surface area contributed by atoms with Gasteiger partial charge in [-0.25, -0.2) is 0 Å². The van der Waals surface area contributed by atoms with Crippen LogP contribution in [0.25, 0.3) is 11.5 Å². The summed E-state index contributed by atoms with van der Waals surface area (Å²) in [6, 6.07) is 15.9. The summed E-state index contributed by atoms with van der Waals surface area (Å²) in [5, 5.41) is 15.6. The van der Waals surface area contributed by atoms with Gasteiger partial charge in [0.2, 0.25) is 0 Å². The normalized spacial score (nSPS) is 11.7. The molecule has 0 spiro atoms. The predicted molar refractivity (Wildman–Crippen MR) is 121 cm³/mol. The second-order valence-electron chi connectivity index (χ2n) is 6.08. The number of thiocarbonyl (C=S) groups is 1. The number of pyridine rings is 1. The summed E-state index contributed by atoms with van der Waals surface area (Å²) in [6.45, 7) is 1.96. The molecule has 0 aliphatic rings. The third-order valence-corrected chi connectivity index (χ3v) is 5.23. The number of aryl methyl sites for hydroxylation is 1. The van der Waals surface area contributed by atoms with Crippen molar-refractivity contribution >= 4 is 69.2 Å². The Bertz CT molecular complexity index is 1070. The molecule has 7 heteroatoms. The summed E-state index contributed by atoms with van der Waals surface area (Å²) in [5.74, 6) is -0.0272. The zero-order chi connectivity index (χ0) is 20.3. The van der Waals surface area contributed by atoms with Crippen molar-refractivity contribution in [3.8, 4) is 0 Å². The van der Waals surface area contributed by atoms with Gasteiger partial charge in [-0.1, -0.05) is 47.0 Å². The van der Waals surface area contributed by atoms with Crippen molar-refractivity contribution in [3.63, 3.8) is 0 Å². The first-order valence-corrected chi connectivity index (χ1v) is 9.83. The van der Waals surface area contributed by atoms with Crippen molar-refractivity contribution in [1.82, 2.24) is 0 Å². The summed E-state index contributed by atoms with van der Waals surface area (Å²) in [4.78, 5) is 0.335. The van der Waals surface area contributed by atoms with Gasteiger partial charge >= 0.3 is 0 Å². The van der Waals surface area contributed by atoms with Crippen molar-refractivity contribution in [3.05, 3.63) is 93.2 Å². The van der Waals surface area contributed by atoms with Gasteiger partial charge in [-0.15, -0.1) is 0 Å². The molecular weight excluding hydrogens is 435 g/mol. The number of hydrogen-bond acceptors (Lipinski definition) is 2. The van der Waals surface area contributed by atoms with Crippen LogP contribution in [0.5, 0.6) is 0 Å². The Morgan fingerprint density at radius 2 is 1.71 bits per heavy atom. The second-order valence-corrected chi connectivity index (χ2v) is 7.73. The van der Waals surface area contributed by atoms with Crippen LogP contribution in [0, 0.1) is 6.92 Å². The molecule has 0 atom stereocenters. The molecule has 142 valence electrons. The van der Waals surface area contributed by atoms with Crippen LogP contribution in [0.1, 0.15) is 11.1 Å². The van der Waals surface area contributed by atoms with Gasteiger partial charge in [-0.05, 0) is 55.5 Å². The number of aliphatic hydroxyl groups is 1. The number of benzene rings is 2. The molecule has 2 N–H and O–H groups in total. The predicted octanol–water partition coefficient (Wildman–Crippen LogP) is 6.57. The van der Waals surface area contributed by atoms with Gasteiger partial charge < -0.3 is 10.4 Å². The highest BCUT2D eigenvalue weighted by molar-refractivity contribution is 7.81. The summed E-state index contributed by atoms with van der Waals surface area (Å²) >= 11 is 23.7. The number of halogens is 3. The molecule has 0 aliphatic heterocycles. The fourth-order valence-electron chi connectivity index (χ4n) is 2.58. The first-order valence-electron chi connectivity index (χ1n) is 8.29. The molecule has 1 aromatic heterocycles. The Morgan fingerprint density at radius 3 is 2.36 bits per heavy atom. The van der Waals surface area contributed by atoms with E-state index < -0.39 is 0 Å². The maximum atomic E-state index is 11.0. The number of rotatable bonds is 4. The van der Waals surface area contributed by atoms with Crippen molar-refractivity contribution in [2.45, 2.75) is 6.92 Å². The summed E-state index contributed by atoms with van der Waals surface area (Å²) < 4.78 is 1.76. The Hall–Kier alpha value is -2.11. The molecule has 0 saturated carbocycles. The second kappa shape index (κ2) is 8.93. The number of aromatic nitrogens is 1. The van der Waals surface area contributed by atoms with Crippen LogP contribution in [-0.2, 0) is 0 Å². The highest BCUT2D eigenvalue weighted by Crippen LogP contribution is 2.27. The maximum Gasteiger partial charge on any atom is 0.288 e. The van der Waals surface area contributed by atoms with E-state index >= 15 is 0 Å². The average Bonchev–Trinajstić information content (AvgIpc) is 2.66. The molecule has 0 unspecified atom stereocenters. The maximum absolute atomic E-state index is 11.0. The molecule has 3 rings (SSSR count). The van der Waals surface area contributed by atoms with Crippen LogP contribution in [0.15, 0.2) is 67.0 Å². The lowest BCUT2D eigenvalue weighted by Gasteiger charge is -2.11. The summed E-state index contributed by atoms with van der Waals surface area (Å²) in [6.07, 6.45) is 3.69. The quantitative estimate of drug-likeness (QED) is 0.204. The van der Waals surface area contributed by atoms with Crippen LogP contribution in [0.4, 0.5) is 5.69 Å². The molecule has 0 radical (unpaired) electrons. The van der Waals surface area contributed by atoms with Crippen molar-refractivity contribution in [2.75, 3.05) is 5.32 Å². The third-order valence-electron chi connectivity index (χ3n) is 3.94. The number of hydrogen-bond donors (Lipinski definition) is 2. The Balaban J connectivity index is 2.09. The Labute approximate surface area is 183 Å². The number of anilines is 1. The molecule has 3 aromatic rings. The average molecular weight is 451 g/mol. The van der Waals surface area contributed by atoms with E-state index in [-0.39, 0.29) is 5.76 Å². The van der Waals surface area contributed by atoms with Crippen molar-refractivity contribution in [2.24, 2.45) is 0 Å². The molecular formula is C21H16Cl3N2OS+. The van der Waals surface area contributed by atoms with E-state index in [4.69, 9.17) is 47.0 Å². The fraction of sp³-hybridized carbons (Fsp3) is 0.0476. The Morgan fingerprint density at radius 1 is 1.00 bits per heavy atom. The van der Waals surface area contributed by atoms with Gasteiger partial charge in [0.25, 0.3) is 5.70 Å². The van der Waals surface area contributed by atoms with E-state index in [2.05, 4.69) is 5.32 Å². The van der Waals surface area contributed by atoms with Crippen LogP contribution in [-0.4, -0.2) is 10.1 Å². The molecule has 0 fully saturated rings. The molecule has 28 heavy (non-hydrogen) atoms.